The summed E-state index contributed by atoms with van der Waals surface area (Å²) >= 11 is 0. The van der Waals surface area contributed by atoms with Crippen molar-refractivity contribution in [3.05, 3.63) is 29.8 Å². The molecule has 0 aliphatic heterocycles. The Labute approximate surface area is 148 Å². The minimum absolute atomic E-state index is 0.0372. The van der Waals surface area contributed by atoms with Crippen molar-refractivity contribution in [3.63, 3.8) is 0 Å². The first-order valence-corrected chi connectivity index (χ1v) is 9.32. The maximum absolute atomic E-state index is 12.2. The van der Waals surface area contributed by atoms with Crippen LogP contribution in [0.5, 0.6) is 5.75 Å². The Bertz CT molecular complexity index is 488. The molecule has 0 aliphatic carbocycles. The molecule has 0 radical (unpaired) electrons. The molecule has 2 unspecified atom stereocenters. The molecule has 1 N–H and O–H groups in total. The van der Waals surface area contributed by atoms with Gasteiger partial charge in [-0.15, -0.1) is 0 Å². The SMILES string of the molecule is CCCCC(CC)CNC(=O)C(C)Oc1ccc(C(C)(C)C)cc1. The fraction of sp³-hybridized carbons (Fsp3) is 0.667. The second-order valence-corrected chi connectivity index (χ2v) is 7.70. The number of hydrogen-bond donors (Lipinski definition) is 1. The van der Waals surface area contributed by atoms with Gasteiger partial charge in [0, 0.05) is 6.54 Å². The van der Waals surface area contributed by atoms with E-state index < -0.39 is 6.10 Å². The molecule has 0 saturated carbocycles. The molecule has 0 spiro atoms. The van der Waals surface area contributed by atoms with Crippen LogP contribution in [0.4, 0.5) is 0 Å². The van der Waals surface area contributed by atoms with E-state index >= 15 is 0 Å². The third-order valence-electron chi connectivity index (χ3n) is 4.51. The van der Waals surface area contributed by atoms with Crippen LogP contribution in [0.1, 0.15) is 72.8 Å². The van der Waals surface area contributed by atoms with Crippen LogP contribution in [0, 0.1) is 5.92 Å². The average molecular weight is 334 g/mol. The molecule has 24 heavy (non-hydrogen) atoms. The van der Waals surface area contributed by atoms with Gasteiger partial charge in [0.05, 0.1) is 0 Å². The summed E-state index contributed by atoms with van der Waals surface area (Å²) in [5.74, 6) is 1.26. The first-order valence-electron chi connectivity index (χ1n) is 9.32. The van der Waals surface area contributed by atoms with E-state index in [0.29, 0.717) is 5.92 Å². The van der Waals surface area contributed by atoms with Gasteiger partial charge in [0.1, 0.15) is 5.75 Å². The van der Waals surface area contributed by atoms with Gasteiger partial charge in [-0.05, 0) is 42.4 Å². The molecule has 0 aromatic heterocycles. The minimum atomic E-state index is -0.478. The van der Waals surface area contributed by atoms with Gasteiger partial charge in [0.15, 0.2) is 6.10 Å². The van der Waals surface area contributed by atoms with Crippen molar-refractivity contribution in [1.82, 2.24) is 5.32 Å². The highest BCUT2D eigenvalue weighted by Gasteiger charge is 2.17. The van der Waals surface area contributed by atoms with Crippen molar-refractivity contribution in [2.45, 2.75) is 78.7 Å². The van der Waals surface area contributed by atoms with Crippen LogP contribution in [0.2, 0.25) is 0 Å². The van der Waals surface area contributed by atoms with Crippen LogP contribution in [-0.2, 0) is 10.2 Å². The van der Waals surface area contributed by atoms with Crippen LogP contribution in [0.3, 0.4) is 0 Å². The number of ether oxygens (including phenoxy) is 1. The summed E-state index contributed by atoms with van der Waals surface area (Å²) in [7, 11) is 0. The third kappa shape index (κ3) is 6.94. The van der Waals surface area contributed by atoms with Crippen LogP contribution in [0.25, 0.3) is 0 Å². The Morgan fingerprint density at radius 1 is 1.17 bits per heavy atom. The fourth-order valence-electron chi connectivity index (χ4n) is 2.62. The number of unbranched alkanes of at least 4 members (excludes halogenated alkanes) is 1. The van der Waals surface area contributed by atoms with Crippen LogP contribution in [0.15, 0.2) is 24.3 Å². The standard InChI is InChI=1S/C21H35NO2/c1-7-9-10-17(8-2)15-22-20(23)16(3)24-19-13-11-18(12-14-19)21(4,5)6/h11-14,16-17H,7-10,15H2,1-6H3,(H,22,23). The van der Waals surface area contributed by atoms with Gasteiger partial charge < -0.3 is 10.1 Å². The van der Waals surface area contributed by atoms with E-state index in [0.717, 1.165) is 18.7 Å². The first-order chi connectivity index (χ1) is 11.3. The van der Waals surface area contributed by atoms with E-state index in [2.05, 4.69) is 52.1 Å². The number of benzene rings is 1. The molecule has 0 heterocycles. The number of rotatable bonds is 9. The monoisotopic (exact) mass is 333 g/mol. The smallest absolute Gasteiger partial charge is 0.260 e. The van der Waals surface area contributed by atoms with Crippen molar-refractivity contribution in [3.8, 4) is 5.75 Å². The lowest BCUT2D eigenvalue weighted by Gasteiger charge is -2.21. The van der Waals surface area contributed by atoms with Crippen molar-refractivity contribution in [1.29, 1.82) is 0 Å². The summed E-state index contributed by atoms with van der Waals surface area (Å²) < 4.78 is 5.78. The predicted molar refractivity (Wildman–Crippen MR) is 102 cm³/mol. The van der Waals surface area contributed by atoms with Crippen LogP contribution in [-0.4, -0.2) is 18.6 Å². The van der Waals surface area contributed by atoms with E-state index in [1.807, 2.05) is 12.1 Å². The fourth-order valence-corrected chi connectivity index (χ4v) is 2.62. The predicted octanol–water partition coefficient (Wildman–Crippen LogP) is 5.08. The zero-order valence-electron chi connectivity index (χ0n) is 16.3. The van der Waals surface area contributed by atoms with Gasteiger partial charge in [-0.3, -0.25) is 4.79 Å². The Morgan fingerprint density at radius 3 is 2.29 bits per heavy atom. The van der Waals surface area contributed by atoms with E-state index in [9.17, 15) is 4.79 Å². The number of hydrogen-bond acceptors (Lipinski definition) is 2. The Morgan fingerprint density at radius 2 is 1.79 bits per heavy atom. The third-order valence-corrected chi connectivity index (χ3v) is 4.51. The number of amides is 1. The molecule has 0 saturated heterocycles. The molecule has 2 atom stereocenters. The molecule has 1 aromatic carbocycles. The Kier molecular flexibility index (Phi) is 8.30. The van der Waals surface area contributed by atoms with E-state index in [1.54, 1.807) is 6.92 Å². The van der Waals surface area contributed by atoms with E-state index in [1.165, 1.54) is 24.8 Å². The lowest BCUT2D eigenvalue weighted by Crippen LogP contribution is -2.38. The van der Waals surface area contributed by atoms with Gasteiger partial charge >= 0.3 is 0 Å². The van der Waals surface area contributed by atoms with Crippen molar-refractivity contribution in [2.24, 2.45) is 5.92 Å². The lowest BCUT2D eigenvalue weighted by molar-refractivity contribution is -0.127. The molecule has 0 bridgehead atoms. The average Bonchev–Trinajstić information content (AvgIpc) is 2.54. The molecule has 3 nitrogen and oxygen atoms in total. The molecule has 1 aromatic rings. The highest BCUT2D eigenvalue weighted by molar-refractivity contribution is 5.80. The maximum Gasteiger partial charge on any atom is 0.260 e. The number of carbonyl (C=O) groups excluding carboxylic acids is 1. The molecule has 0 aliphatic rings. The van der Waals surface area contributed by atoms with Gasteiger partial charge in [-0.25, -0.2) is 0 Å². The Hall–Kier alpha value is -1.51. The van der Waals surface area contributed by atoms with Crippen LogP contribution >= 0.6 is 0 Å². The van der Waals surface area contributed by atoms with E-state index in [-0.39, 0.29) is 11.3 Å². The van der Waals surface area contributed by atoms with Crippen molar-refractivity contribution < 1.29 is 9.53 Å². The molecular weight excluding hydrogens is 298 g/mol. The summed E-state index contributed by atoms with van der Waals surface area (Å²) in [6.07, 6.45) is 4.23. The summed E-state index contributed by atoms with van der Waals surface area (Å²) in [5, 5.41) is 3.03. The summed E-state index contributed by atoms with van der Waals surface area (Å²) in [6.45, 7) is 13.5. The highest BCUT2D eigenvalue weighted by Crippen LogP contribution is 2.24. The second kappa shape index (κ2) is 9.71. The zero-order chi connectivity index (χ0) is 18.2. The highest BCUT2D eigenvalue weighted by atomic mass is 16.5. The second-order valence-electron chi connectivity index (χ2n) is 7.70. The van der Waals surface area contributed by atoms with Crippen molar-refractivity contribution >= 4 is 5.91 Å². The zero-order valence-corrected chi connectivity index (χ0v) is 16.3. The Balaban J connectivity index is 2.48. The maximum atomic E-state index is 12.2. The first kappa shape index (κ1) is 20.5. The largest absolute Gasteiger partial charge is 0.481 e. The van der Waals surface area contributed by atoms with Gasteiger partial charge in [-0.1, -0.05) is 66.0 Å². The number of nitrogens with one attached hydrogen (secondary N) is 1. The molecule has 136 valence electrons. The molecule has 1 rings (SSSR count). The van der Waals surface area contributed by atoms with Crippen LogP contribution < -0.4 is 10.1 Å². The minimum Gasteiger partial charge on any atom is -0.481 e. The lowest BCUT2D eigenvalue weighted by atomic mass is 9.87. The summed E-state index contributed by atoms with van der Waals surface area (Å²) in [5.41, 5.74) is 1.38. The molecular formula is C21H35NO2. The molecule has 1 amide bonds. The van der Waals surface area contributed by atoms with Gasteiger partial charge in [-0.2, -0.15) is 0 Å². The summed E-state index contributed by atoms with van der Waals surface area (Å²) in [4.78, 5) is 12.2. The normalized spacial score (nSPS) is 14.1. The molecule has 0 fully saturated rings. The van der Waals surface area contributed by atoms with E-state index in [4.69, 9.17) is 4.74 Å². The van der Waals surface area contributed by atoms with Crippen molar-refractivity contribution in [2.75, 3.05) is 6.54 Å². The van der Waals surface area contributed by atoms with Gasteiger partial charge in [0.25, 0.3) is 5.91 Å². The molecule has 3 heteroatoms. The quantitative estimate of drug-likeness (QED) is 0.684. The summed E-state index contributed by atoms with van der Waals surface area (Å²) in [6, 6.07) is 8.02. The van der Waals surface area contributed by atoms with Gasteiger partial charge in [0.2, 0.25) is 0 Å². The number of carbonyl (C=O) groups is 1. The topological polar surface area (TPSA) is 38.3 Å².